The standard InChI is InChI=1S/C63H109N2O7P/c1-7-10-13-16-19-22-25-28-30-31-32-33-34-35-36-37-40-43-46-49-52-55-62(66)64-60(59-71-73(68,69)70-58-57-65(4,5)6)61(54-51-48-45-42-39-27-24-21-18-15-12-9-3)72-63(67)56-53-50-47-44-41-38-29-26-23-20-17-14-11-8-2/h10-11,13-14,19-20,22-23,28-30,32-33,35-36,38,51,54,60-61H,7-9,12,15-18,21,24-27,31,34,37,39-50,52-53,55-59H2,1-6H3,(H-,64,66,68,69)/b13-10-,14-11+,22-19-,23-20+,30-28-,33-32-,36-35-,38-29+,54-51-. The second-order valence-corrected chi connectivity index (χ2v) is 21.8. The Balaban J connectivity index is 5.37. The maximum atomic E-state index is 13.5. The zero-order valence-electron chi connectivity index (χ0n) is 47.5. The molecule has 418 valence electrons. The predicted molar refractivity (Wildman–Crippen MR) is 311 cm³/mol. The third-order valence-electron chi connectivity index (χ3n) is 12.2. The van der Waals surface area contributed by atoms with E-state index >= 15 is 0 Å². The van der Waals surface area contributed by atoms with Crippen LogP contribution in [0.15, 0.2) is 109 Å². The molecule has 0 heterocycles. The molecule has 3 unspecified atom stereocenters. The van der Waals surface area contributed by atoms with Crippen molar-refractivity contribution in [3.05, 3.63) is 109 Å². The van der Waals surface area contributed by atoms with Crippen molar-refractivity contribution < 1.29 is 37.3 Å². The van der Waals surface area contributed by atoms with Crippen LogP contribution in [0.25, 0.3) is 0 Å². The highest BCUT2D eigenvalue weighted by atomic mass is 31.2. The first-order chi connectivity index (χ1) is 35.4. The molecule has 0 saturated heterocycles. The smallest absolute Gasteiger partial charge is 0.306 e. The summed E-state index contributed by atoms with van der Waals surface area (Å²) in [7, 11) is 1.14. The zero-order chi connectivity index (χ0) is 53.6. The molecule has 0 bridgehead atoms. The molecule has 0 fully saturated rings. The van der Waals surface area contributed by atoms with Gasteiger partial charge in [-0.15, -0.1) is 0 Å². The lowest BCUT2D eigenvalue weighted by atomic mass is 10.0. The van der Waals surface area contributed by atoms with Crippen molar-refractivity contribution in [3.63, 3.8) is 0 Å². The number of carbonyl (C=O) groups excluding carboxylic acids is 2. The Morgan fingerprint density at radius 1 is 0.493 bits per heavy atom. The predicted octanol–water partition coefficient (Wildman–Crippen LogP) is 17.1. The Morgan fingerprint density at radius 2 is 0.877 bits per heavy atom. The zero-order valence-corrected chi connectivity index (χ0v) is 48.4. The van der Waals surface area contributed by atoms with Crippen LogP contribution in [0.3, 0.4) is 0 Å². The Morgan fingerprint density at radius 3 is 1.32 bits per heavy atom. The van der Waals surface area contributed by atoms with Crippen LogP contribution in [-0.2, 0) is 27.9 Å². The van der Waals surface area contributed by atoms with E-state index in [0.717, 1.165) is 128 Å². The minimum Gasteiger partial charge on any atom is -0.756 e. The summed E-state index contributed by atoms with van der Waals surface area (Å²) < 4.78 is 30.2. The molecule has 9 nitrogen and oxygen atoms in total. The largest absolute Gasteiger partial charge is 0.756 e. The summed E-state index contributed by atoms with van der Waals surface area (Å²) in [4.78, 5) is 39.9. The Bertz CT molecular complexity index is 1620. The molecule has 0 aromatic heterocycles. The van der Waals surface area contributed by atoms with Crippen LogP contribution >= 0.6 is 7.82 Å². The first kappa shape index (κ1) is 69.7. The number of rotatable bonds is 51. The summed E-state index contributed by atoms with van der Waals surface area (Å²) in [6.07, 6.45) is 70.5. The molecule has 0 spiro atoms. The van der Waals surface area contributed by atoms with Gasteiger partial charge in [-0.3, -0.25) is 14.2 Å². The fourth-order valence-electron chi connectivity index (χ4n) is 7.74. The number of quaternary nitrogens is 1. The summed E-state index contributed by atoms with van der Waals surface area (Å²) in [5.74, 6) is -0.597. The van der Waals surface area contributed by atoms with Crippen LogP contribution in [0.5, 0.6) is 0 Å². The number of esters is 1. The minimum atomic E-state index is -4.71. The number of unbranched alkanes of at least 4 members (excludes halogenated alkanes) is 19. The average molecular weight is 1040 g/mol. The highest BCUT2D eigenvalue weighted by Gasteiger charge is 2.27. The van der Waals surface area contributed by atoms with E-state index in [4.69, 9.17) is 13.8 Å². The number of phosphoric ester groups is 1. The van der Waals surface area contributed by atoms with Crippen molar-refractivity contribution in [3.8, 4) is 0 Å². The third-order valence-corrected chi connectivity index (χ3v) is 13.2. The Kier molecular flexibility index (Phi) is 49.7. The van der Waals surface area contributed by atoms with E-state index in [0.29, 0.717) is 23.9 Å². The normalized spacial score (nSPS) is 14.6. The van der Waals surface area contributed by atoms with Crippen molar-refractivity contribution >= 4 is 19.7 Å². The van der Waals surface area contributed by atoms with E-state index in [-0.39, 0.29) is 31.3 Å². The maximum Gasteiger partial charge on any atom is 0.306 e. The number of carbonyl (C=O) groups is 2. The number of phosphoric acid groups is 1. The lowest BCUT2D eigenvalue weighted by molar-refractivity contribution is -0.870. The van der Waals surface area contributed by atoms with Crippen LogP contribution in [0.1, 0.15) is 226 Å². The molecular weight excluding hydrogens is 928 g/mol. The summed E-state index contributed by atoms with van der Waals surface area (Å²) in [5.41, 5.74) is 0. The number of nitrogens with zero attached hydrogens (tertiary/aromatic N) is 1. The molecule has 0 aliphatic carbocycles. The molecule has 3 atom stereocenters. The first-order valence-electron chi connectivity index (χ1n) is 29.2. The van der Waals surface area contributed by atoms with Gasteiger partial charge in [0.05, 0.1) is 33.8 Å². The second kappa shape index (κ2) is 52.1. The average Bonchev–Trinajstić information content (AvgIpc) is 3.35. The van der Waals surface area contributed by atoms with E-state index < -0.39 is 26.6 Å². The van der Waals surface area contributed by atoms with E-state index in [1.165, 1.54) is 51.4 Å². The fourth-order valence-corrected chi connectivity index (χ4v) is 8.46. The van der Waals surface area contributed by atoms with Gasteiger partial charge in [-0.25, -0.2) is 0 Å². The number of allylic oxidation sites excluding steroid dienone is 17. The van der Waals surface area contributed by atoms with Crippen molar-refractivity contribution in [1.82, 2.24) is 5.32 Å². The molecule has 1 amide bonds. The Labute approximate surface area is 449 Å². The quantitative estimate of drug-likeness (QED) is 0.0212. The van der Waals surface area contributed by atoms with Gasteiger partial charge in [0.15, 0.2) is 0 Å². The van der Waals surface area contributed by atoms with Gasteiger partial charge in [0.25, 0.3) is 7.82 Å². The van der Waals surface area contributed by atoms with Crippen molar-refractivity contribution in [2.75, 3.05) is 40.9 Å². The van der Waals surface area contributed by atoms with Gasteiger partial charge in [0.1, 0.15) is 19.3 Å². The minimum absolute atomic E-state index is 0.0361. The molecule has 10 heteroatoms. The molecule has 0 aliphatic rings. The van der Waals surface area contributed by atoms with Gasteiger partial charge in [-0.05, 0) is 109 Å². The van der Waals surface area contributed by atoms with Gasteiger partial charge < -0.3 is 28.5 Å². The summed E-state index contributed by atoms with van der Waals surface area (Å²) in [5, 5.41) is 3.00. The van der Waals surface area contributed by atoms with Crippen LogP contribution in [0.2, 0.25) is 0 Å². The molecule has 73 heavy (non-hydrogen) atoms. The van der Waals surface area contributed by atoms with E-state index in [2.05, 4.69) is 123 Å². The van der Waals surface area contributed by atoms with Crippen LogP contribution in [0, 0.1) is 0 Å². The molecule has 0 radical (unpaired) electrons. The van der Waals surface area contributed by atoms with Gasteiger partial charge in [0, 0.05) is 12.8 Å². The topological polar surface area (TPSA) is 114 Å². The van der Waals surface area contributed by atoms with Crippen LogP contribution in [0.4, 0.5) is 0 Å². The molecule has 0 saturated carbocycles. The lowest BCUT2D eigenvalue weighted by Gasteiger charge is -2.30. The molecule has 0 aromatic rings. The van der Waals surface area contributed by atoms with Crippen molar-refractivity contribution in [2.24, 2.45) is 0 Å². The van der Waals surface area contributed by atoms with E-state index in [1.807, 2.05) is 33.3 Å². The van der Waals surface area contributed by atoms with E-state index in [1.54, 1.807) is 0 Å². The molecule has 0 rings (SSSR count). The molecule has 0 aromatic carbocycles. The number of hydrogen-bond acceptors (Lipinski definition) is 7. The highest BCUT2D eigenvalue weighted by molar-refractivity contribution is 7.45. The van der Waals surface area contributed by atoms with E-state index in [9.17, 15) is 19.0 Å². The number of likely N-dealkylation sites (N-methyl/N-ethyl adjacent to an activating group) is 1. The lowest BCUT2D eigenvalue weighted by Crippen LogP contribution is -2.47. The molecule has 1 N–H and O–H groups in total. The second-order valence-electron chi connectivity index (χ2n) is 20.4. The van der Waals surface area contributed by atoms with Gasteiger partial charge in [0.2, 0.25) is 5.91 Å². The van der Waals surface area contributed by atoms with Crippen molar-refractivity contribution in [2.45, 2.75) is 238 Å². The number of amides is 1. The highest BCUT2D eigenvalue weighted by Crippen LogP contribution is 2.38. The van der Waals surface area contributed by atoms with Gasteiger partial charge >= 0.3 is 5.97 Å². The summed E-state index contributed by atoms with van der Waals surface area (Å²) in [6, 6.07) is -0.914. The first-order valence-corrected chi connectivity index (χ1v) is 30.7. The number of hydrogen-bond donors (Lipinski definition) is 1. The monoisotopic (exact) mass is 1040 g/mol. The maximum absolute atomic E-state index is 13.5. The van der Waals surface area contributed by atoms with Gasteiger partial charge in [-0.2, -0.15) is 0 Å². The third kappa shape index (κ3) is 53.3. The van der Waals surface area contributed by atoms with Crippen molar-refractivity contribution in [1.29, 1.82) is 0 Å². The van der Waals surface area contributed by atoms with Crippen LogP contribution < -0.4 is 10.2 Å². The Hall–Kier alpha value is -3.33. The SMILES string of the molecule is CC/C=C\C/C=C\C/C=C\C/C=C\C/C=C\CCCCCCCC(=O)NC(COP(=O)([O-])OCC[N+](C)(C)C)C(/C=C\CCCCCCCCCCCC)OC(=O)CCCCCC/C=C/C/C=C/C/C=C/CC. The molecular formula is C63H109N2O7P. The summed E-state index contributed by atoms with van der Waals surface area (Å²) >= 11 is 0. The fraction of sp³-hybridized carbons (Fsp3) is 0.683. The van der Waals surface area contributed by atoms with Gasteiger partial charge in [-0.1, -0.05) is 214 Å². The number of nitrogens with one attached hydrogen (secondary N) is 1. The van der Waals surface area contributed by atoms with Crippen LogP contribution in [-0.4, -0.2) is 69.4 Å². The summed E-state index contributed by atoms with van der Waals surface area (Å²) in [6.45, 7) is 6.56. The number of ether oxygens (including phenoxy) is 1. The molecule has 0 aliphatic heterocycles.